The number of nitrogens with zero attached hydrogens (tertiary/aromatic N) is 4. The summed E-state index contributed by atoms with van der Waals surface area (Å²) in [6, 6.07) is 5.44. The highest BCUT2D eigenvalue weighted by atomic mass is 16.6. The van der Waals surface area contributed by atoms with Crippen LogP contribution in [-0.2, 0) is 4.79 Å². The maximum atomic E-state index is 13.2. The first-order valence-electron chi connectivity index (χ1n) is 8.72. The van der Waals surface area contributed by atoms with Crippen LogP contribution in [0.15, 0.2) is 59.2 Å². The average Bonchev–Trinajstić information content (AvgIpc) is 3.23. The molecule has 9 nitrogen and oxygen atoms in total. The largest absolute Gasteiger partial charge is 0.350 e. The Labute approximate surface area is 161 Å². The smallest absolute Gasteiger partial charge is 0.269 e. The number of non-ortho nitro benzene ring substituents is 1. The van der Waals surface area contributed by atoms with Crippen molar-refractivity contribution in [2.45, 2.75) is 32.2 Å². The van der Waals surface area contributed by atoms with Gasteiger partial charge in [0.2, 0.25) is 6.41 Å². The summed E-state index contributed by atoms with van der Waals surface area (Å²) in [6.45, 7) is 3.68. The number of carbonyl (C=O) groups excluding carboxylic acids is 2. The standard InChI is InChI=1S/C19H19N5O4/c1-3-15-17(19(26)23-9-8-20-10-23)16(18(21-11-25)12(2)22-15)13-4-6-14(7-5-13)24(27)28/h4-11,16,18H,3H2,1-2H3,(H,21,25). The number of aromatic nitrogens is 2. The number of hydrogen-bond donors (Lipinski definition) is 1. The lowest BCUT2D eigenvalue weighted by Gasteiger charge is -2.33. The Morgan fingerprint density at radius 2 is 2.07 bits per heavy atom. The monoisotopic (exact) mass is 381 g/mol. The van der Waals surface area contributed by atoms with Crippen LogP contribution >= 0.6 is 0 Å². The van der Waals surface area contributed by atoms with E-state index in [1.807, 2.05) is 6.92 Å². The quantitative estimate of drug-likeness (QED) is 0.468. The second kappa shape index (κ2) is 7.95. The number of amides is 1. The number of nitrogens with one attached hydrogen (secondary N) is 1. The van der Waals surface area contributed by atoms with Crippen molar-refractivity contribution in [3.63, 3.8) is 0 Å². The highest BCUT2D eigenvalue weighted by Crippen LogP contribution is 2.37. The van der Waals surface area contributed by atoms with Gasteiger partial charge in [0.05, 0.1) is 11.0 Å². The van der Waals surface area contributed by atoms with E-state index in [1.165, 1.54) is 29.2 Å². The van der Waals surface area contributed by atoms with Crippen molar-refractivity contribution in [1.82, 2.24) is 14.9 Å². The third-order valence-electron chi connectivity index (χ3n) is 4.73. The minimum absolute atomic E-state index is 0.0491. The summed E-state index contributed by atoms with van der Waals surface area (Å²) in [6.07, 6.45) is 5.54. The Hall–Kier alpha value is -3.62. The molecule has 144 valence electrons. The fraction of sp³-hybridized carbons (Fsp3) is 0.263. The van der Waals surface area contributed by atoms with E-state index in [9.17, 15) is 19.7 Å². The predicted octanol–water partition coefficient (Wildman–Crippen LogP) is 2.47. The van der Waals surface area contributed by atoms with Crippen molar-refractivity contribution in [3.05, 3.63) is 69.9 Å². The van der Waals surface area contributed by atoms with Crippen LogP contribution in [0.25, 0.3) is 0 Å². The molecule has 1 aromatic heterocycles. The molecule has 0 saturated heterocycles. The van der Waals surface area contributed by atoms with Crippen molar-refractivity contribution < 1.29 is 14.5 Å². The average molecular weight is 381 g/mol. The molecular weight excluding hydrogens is 362 g/mol. The van der Waals surface area contributed by atoms with Crippen LogP contribution < -0.4 is 5.32 Å². The van der Waals surface area contributed by atoms with Crippen molar-refractivity contribution >= 4 is 23.7 Å². The Morgan fingerprint density at radius 3 is 2.61 bits per heavy atom. The first-order valence-corrected chi connectivity index (χ1v) is 8.72. The number of imidazole rings is 1. The summed E-state index contributed by atoms with van der Waals surface area (Å²) in [5.74, 6) is -0.833. The summed E-state index contributed by atoms with van der Waals surface area (Å²) < 4.78 is 1.36. The maximum absolute atomic E-state index is 13.2. The van der Waals surface area contributed by atoms with Crippen LogP contribution in [0.1, 0.15) is 36.5 Å². The summed E-state index contributed by atoms with van der Waals surface area (Å²) in [5.41, 5.74) is 2.33. The molecule has 1 aromatic carbocycles. The van der Waals surface area contributed by atoms with Gasteiger partial charge in [0, 0.05) is 47.4 Å². The van der Waals surface area contributed by atoms with E-state index in [0.29, 0.717) is 35.4 Å². The lowest BCUT2D eigenvalue weighted by Crippen LogP contribution is -2.44. The van der Waals surface area contributed by atoms with E-state index in [2.05, 4.69) is 15.3 Å². The van der Waals surface area contributed by atoms with Gasteiger partial charge >= 0.3 is 0 Å². The number of aliphatic imine (C=N–C) groups is 1. The first-order chi connectivity index (χ1) is 13.5. The van der Waals surface area contributed by atoms with Gasteiger partial charge in [-0.05, 0) is 18.9 Å². The van der Waals surface area contributed by atoms with Crippen LogP contribution in [-0.4, -0.2) is 38.5 Å². The van der Waals surface area contributed by atoms with Crippen LogP contribution in [0.3, 0.4) is 0 Å². The van der Waals surface area contributed by atoms with Crippen molar-refractivity contribution in [1.29, 1.82) is 0 Å². The van der Waals surface area contributed by atoms with Crippen LogP contribution in [0.5, 0.6) is 0 Å². The number of carbonyl (C=O) groups is 2. The van der Waals surface area contributed by atoms with Gasteiger partial charge in [0.25, 0.3) is 11.6 Å². The Kier molecular flexibility index (Phi) is 5.44. The number of hydrogen-bond acceptors (Lipinski definition) is 6. The molecule has 28 heavy (non-hydrogen) atoms. The molecule has 0 bridgehead atoms. The lowest BCUT2D eigenvalue weighted by atomic mass is 9.79. The van der Waals surface area contributed by atoms with Gasteiger partial charge in [0.1, 0.15) is 6.33 Å². The highest BCUT2D eigenvalue weighted by Gasteiger charge is 2.38. The van der Waals surface area contributed by atoms with Gasteiger partial charge in [-0.3, -0.25) is 29.3 Å². The summed E-state index contributed by atoms with van der Waals surface area (Å²) >= 11 is 0. The van der Waals surface area contributed by atoms with E-state index in [-0.39, 0.29) is 11.6 Å². The molecule has 0 spiro atoms. The predicted molar refractivity (Wildman–Crippen MR) is 102 cm³/mol. The van der Waals surface area contributed by atoms with E-state index >= 15 is 0 Å². The second-order valence-electron chi connectivity index (χ2n) is 6.33. The summed E-state index contributed by atoms with van der Waals surface area (Å²) in [5, 5.41) is 13.7. The molecule has 1 aliphatic rings. The van der Waals surface area contributed by atoms with Crippen LogP contribution in [0.4, 0.5) is 5.69 Å². The number of nitro groups is 1. The lowest BCUT2D eigenvalue weighted by molar-refractivity contribution is -0.384. The van der Waals surface area contributed by atoms with Crippen molar-refractivity contribution in [2.24, 2.45) is 4.99 Å². The first kappa shape index (κ1) is 19.2. The molecule has 9 heteroatoms. The van der Waals surface area contributed by atoms with Gasteiger partial charge in [-0.15, -0.1) is 0 Å². The molecule has 0 radical (unpaired) electrons. The number of benzene rings is 1. The molecule has 1 aliphatic heterocycles. The Bertz CT molecular complexity index is 961. The molecule has 1 N–H and O–H groups in total. The normalized spacial score (nSPS) is 19.1. The Balaban J connectivity index is 2.17. The number of rotatable bonds is 6. The zero-order valence-electron chi connectivity index (χ0n) is 15.4. The van der Waals surface area contributed by atoms with E-state index in [0.717, 1.165) is 0 Å². The van der Waals surface area contributed by atoms with E-state index < -0.39 is 16.9 Å². The van der Waals surface area contributed by atoms with Crippen molar-refractivity contribution in [3.8, 4) is 0 Å². The zero-order chi connectivity index (χ0) is 20.3. The molecule has 0 saturated carbocycles. The third kappa shape index (κ3) is 3.46. The fourth-order valence-corrected chi connectivity index (χ4v) is 3.43. The summed E-state index contributed by atoms with van der Waals surface area (Å²) in [4.78, 5) is 43.4. The molecular formula is C19H19N5O4. The molecule has 2 aromatic rings. The van der Waals surface area contributed by atoms with E-state index in [4.69, 9.17) is 0 Å². The minimum atomic E-state index is -0.545. The van der Waals surface area contributed by atoms with Gasteiger partial charge in [0.15, 0.2) is 0 Å². The topological polar surface area (TPSA) is 119 Å². The molecule has 0 fully saturated rings. The third-order valence-corrected chi connectivity index (χ3v) is 4.73. The Morgan fingerprint density at radius 1 is 1.36 bits per heavy atom. The molecule has 2 unspecified atom stereocenters. The van der Waals surface area contributed by atoms with E-state index in [1.54, 1.807) is 25.3 Å². The molecule has 1 amide bonds. The van der Waals surface area contributed by atoms with Crippen molar-refractivity contribution in [2.75, 3.05) is 0 Å². The number of allylic oxidation sites excluding steroid dienone is 1. The summed E-state index contributed by atoms with van der Waals surface area (Å²) in [7, 11) is 0. The van der Waals surface area contributed by atoms with Gasteiger partial charge in [-0.2, -0.15) is 0 Å². The fourth-order valence-electron chi connectivity index (χ4n) is 3.43. The zero-order valence-corrected chi connectivity index (χ0v) is 15.4. The number of nitro benzene ring substituents is 1. The van der Waals surface area contributed by atoms with Gasteiger partial charge in [-0.1, -0.05) is 19.1 Å². The SMILES string of the molecule is CCC1=C(C(=O)n2ccnc2)C(c2ccc([N+](=O)[O-])cc2)C(NC=O)C(C)=N1. The molecule has 3 rings (SSSR count). The van der Waals surface area contributed by atoms with Gasteiger partial charge in [-0.25, -0.2) is 4.98 Å². The molecule has 2 atom stereocenters. The van der Waals surface area contributed by atoms with Gasteiger partial charge < -0.3 is 5.32 Å². The maximum Gasteiger partial charge on any atom is 0.269 e. The second-order valence-corrected chi connectivity index (χ2v) is 6.33. The van der Waals surface area contributed by atoms with Crippen LogP contribution in [0, 0.1) is 10.1 Å². The highest BCUT2D eigenvalue weighted by molar-refractivity contribution is 6.03. The molecule has 2 heterocycles. The van der Waals surface area contributed by atoms with Crippen LogP contribution in [0.2, 0.25) is 0 Å². The minimum Gasteiger partial charge on any atom is -0.350 e. The molecule has 0 aliphatic carbocycles.